The number of carbonyl (C=O) groups is 2. The van der Waals surface area contributed by atoms with Crippen molar-refractivity contribution < 1.29 is 14.3 Å². The number of hydrogen-bond donors (Lipinski definition) is 1. The normalized spacial score (nSPS) is 18.5. The summed E-state index contributed by atoms with van der Waals surface area (Å²) in [5.74, 6) is 0.257. The number of anilines is 1. The minimum Gasteiger partial charge on any atom is -0.497 e. The molecule has 0 aliphatic carbocycles. The van der Waals surface area contributed by atoms with Crippen LogP contribution in [0.2, 0.25) is 0 Å². The van der Waals surface area contributed by atoms with Gasteiger partial charge in [-0.1, -0.05) is 12.1 Å². The molecule has 126 valence electrons. The van der Waals surface area contributed by atoms with E-state index in [0.29, 0.717) is 12.3 Å². The van der Waals surface area contributed by atoms with Gasteiger partial charge in [0.25, 0.3) is 0 Å². The molecule has 1 aromatic heterocycles. The number of nitrogens with zero attached hydrogens (tertiary/aromatic N) is 1. The van der Waals surface area contributed by atoms with E-state index in [1.807, 2.05) is 48.7 Å². The van der Waals surface area contributed by atoms with Gasteiger partial charge in [0.2, 0.25) is 11.8 Å². The van der Waals surface area contributed by atoms with E-state index < -0.39 is 0 Å². The van der Waals surface area contributed by atoms with Crippen LogP contribution in [0.25, 0.3) is 0 Å². The fourth-order valence-corrected chi connectivity index (χ4v) is 3.59. The molecule has 24 heavy (non-hydrogen) atoms. The quantitative estimate of drug-likeness (QED) is 0.907. The summed E-state index contributed by atoms with van der Waals surface area (Å²) in [4.78, 5) is 27.6. The Hall–Kier alpha value is -2.34. The molecule has 1 aliphatic heterocycles. The zero-order chi connectivity index (χ0) is 17.1. The third-order valence-corrected chi connectivity index (χ3v) is 5.24. The van der Waals surface area contributed by atoms with Crippen LogP contribution < -0.4 is 15.0 Å². The van der Waals surface area contributed by atoms with Gasteiger partial charge >= 0.3 is 0 Å². The summed E-state index contributed by atoms with van der Waals surface area (Å²) in [6, 6.07) is 11.3. The van der Waals surface area contributed by atoms with Gasteiger partial charge in [-0.3, -0.25) is 9.59 Å². The number of methoxy groups -OCH3 is 1. The van der Waals surface area contributed by atoms with Gasteiger partial charge in [0, 0.05) is 29.6 Å². The number of benzene rings is 1. The first-order valence-corrected chi connectivity index (χ1v) is 8.74. The molecule has 0 saturated carbocycles. The lowest BCUT2D eigenvalue weighted by Crippen LogP contribution is -2.34. The van der Waals surface area contributed by atoms with Crippen molar-refractivity contribution >= 4 is 28.8 Å². The molecular formula is C18H20N2O3S. The van der Waals surface area contributed by atoms with E-state index in [-0.39, 0.29) is 30.2 Å². The third kappa shape index (κ3) is 3.43. The molecule has 2 amide bonds. The van der Waals surface area contributed by atoms with Gasteiger partial charge in [0.05, 0.1) is 19.1 Å². The van der Waals surface area contributed by atoms with Crippen LogP contribution >= 0.6 is 11.3 Å². The SMILES string of the molecule is COc1cccc(N2CC(C(=O)NC(C)c3cccs3)CC2=O)c1. The lowest BCUT2D eigenvalue weighted by atomic mass is 10.1. The van der Waals surface area contributed by atoms with Gasteiger partial charge in [-0.05, 0) is 30.5 Å². The third-order valence-electron chi connectivity index (χ3n) is 4.19. The Balaban J connectivity index is 1.66. The first kappa shape index (κ1) is 16.5. The molecule has 1 aromatic carbocycles. The van der Waals surface area contributed by atoms with Crippen LogP contribution in [0.4, 0.5) is 5.69 Å². The molecular weight excluding hydrogens is 324 g/mol. The number of ether oxygens (including phenoxy) is 1. The van der Waals surface area contributed by atoms with E-state index in [1.54, 1.807) is 23.3 Å². The highest BCUT2D eigenvalue weighted by molar-refractivity contribution is 7.10. The van der Waals surface area contributed by atoms with Crippen LogP contribution in [0, 0.1) is 5.92 Å². The lowest BCUT2D eigenvalue weighted by molar-refractivity contribution is -0.126. The van der Waals surface area contributed by atoms with E-state index in [0.717, 1.165) is 10.6 Å². The maximum Gasteiger partial charge on any atom is 0.227 e. The maximum atomic E-state index is 12.5. The summed E-state index contributed by atoms with van der Waals surface area (Å²) in [7, 11) is 1.59. The number of nitrogens with one attached hydrogen (secondary N) is 1. The fraction of sp³-hybridized carbons (Fsp3) is 0.333. The number of amides is 2. The van der Waals surface area contributed by atoms with Crippen molar-refractivity contribution in [1.82, 2.24) is 5.32 Å². The zero-order valence-electron chi connectivity index (χ0n) is 13.7. The number of carbonyl (C=O) groups excluding carboxylic acids is 2. The molecule has 2 atom stereocenters. The van der Waals surface area contributed by atoms with Crippen LogP contribution in [-0.4, -0.2) is 25.5 Å². The maximum absolute atomic E-state index is 12.5. The van der Waals surface area contributed by atoms with Gasteiger partial charge in [-0.2, -0.15) is 0 Å². The standard InChI is InChI=1S/C18H20N2O3S/c1-12(16-7-4-8-24-16)19-18(22)13-9-17(21)20(11-13)14-5-3-6-15(10-14)23-2/h3-8,10,12-13H,9,11H2,1-2H3,(H,19,22). The Kier molecular flexibility index (Phi) is 4.85. The van der Waals surface area contributed by atoms with Gasteiger partial charge in [-0.15, -0.1) is 11.3 Å². The van der Waals surface area contributed by atoms with Crippen molar-refractivity contribution in [3.8, 4) is 5.75 Å². The first-order chi connectivity index (χ1) is 11.6. The first-order valence-electron chi connectivity index (χ1n) is 7.86. The largest absolute Gasteiger partial charge is 0.497 e. The predicted molar refractivity (Wildman–Crippen MR) is 94.3 cm³/mol. The predicted octanol–water partition coefficient (Wildman–Crippen LogP) is 2.99. The molecule has 0 radical (unpaired) electrons. The van der Waals surface area contributed by atoms with Gasteiger partial charge in [0.1, 0.15) is 5.75 Å². The Morgan fingerprint density at radius 1 is 1.38 bits per heavy atom. The van der Waals surface area contributed by atoms with E-state index in [2.05, 4.69) is 5.32 Å². The van der Waals surface area contributed by atoms with Crippen molar-refractivity contribution in [3.05, 3.63) is 46.7 Å². The second kappa shape index (κ2) is 7.05. The molecule has 1 aliphatic rings. The van der Waals surface area contributed by atoms with Crippen LogP contribution in [0.3, 0.4) is 0 Å². The Morgan fingerprint density at radius 2 is 2.21 bits per heavy atom. The van der Waals surface area contributed by atoms with Gasteiger partial charge < -0.3 is 15.0 Å². The van der Waals surface area contributed by atoms with Crippen molar-refractivity contribution in [2.75, 3.05) is 18.6 Å². The minimum atomic E-state index is -0.328. The monoisotopic (exact) mass is 344 g/mol. The van der Waals surface area contributed by atoms with E-state index in [1.165, 1.54) is 0 Å². The Bertz CT molecular complexity index is 730. The topological polar surface area (TPSA) is 58.6 Å². The van der Waals surface area contributed by atoms with Crippen molar-refractivity contribution in [3.63, 3.8) is 0 Å². The average molecular weight is 344 g/mol. The summed E-state index contributed by atoms with van der Waals surface area (Å²) in [5, 5.41) is 4.99. The van der Waals surface area contributed by atoms with E-state index in [9.17, 15) is 9.59 Å². The fourth-order valence-electron chi connectivity index (χ4n) is 2.85. The Morgan fingerprint density at radius 3 is 2.92 bits per heavy atom. The molecule has 0 bridgehead atoms. The average Bonchev–Trinajstić information content (AvgIpc) is 3.24. The molecule has 2 unspecified atom stereocenters. The number of hydrogen-bond acceptors (Lipinski definition) is 4. The van der Waals surface area contributed by atoms with E-state index >= 15 is 0 Å². The van der Waals surface area contributed by atoms with Gasteiger partial charge in [-0.25, -0.2) is 0 Å². The van der Waals surface area contributed by atoms with Crippen LogP contribution in [0.1, 0.15) is 24.3 Å². The smallest absolute Gasteiger partial charge is 0.227 e. The highest BCUT2D eigenvalue weighted by Crippen LogP contribution is 2.28. The lowest BCUT2D eigenvalue weighted by Gasteiger charge is -2.18. The molecule has 1 N–H and O–H groups in total. The molecule has 0 spiro atoms. The van der Waals surface area contributed by atoms with Crippen LogP contribution in [0.5, 0.6) is 5.75 Å². The highest BCUT2D eigenvalue weighted by Gasteiger charge is 2.35. The summed E-state index contributed by atoms with van der Waals surface area (Å²) in [5.41, 5.74) is 0.765. The Labute approximate surface area is 145 Å². The zero-order valence-corrected chi connectivity index (χ0v) is 14.5. The van der Waals surface area contributed by atoms with Crippen molar-refractivity contribution in [1.29, 1.82) is 0 Å². The molecule has 1 saturated heterocycles. The highest BCUT2D eigenvalue weighted by atomic mass is 32.1. The summed E-state index contributed by atoms with van der Waals surface area (Å²) in [6.45, 7) is 2.36. The molecule has 5 nitrogen and oxygen atoms in total. The molecule has 2 heterocycles. The van der Waals surface area contributed by atoms with Crippen LogP contribution in [-0.2, 0) is 9.59 Å². The summed E-state index contributed by atoms with van der Waals surface area (Å²) < 4.78 is 5.20. The van der Waals surface area contributed by atoms with Gasteiger partial charge in [0.15, 0.2) is 0 Å². The van der Waals surface area contributed by atoms with Crippen LogP contribution in [0.15, 0.2) is 41.8 Å². The van der Waals surface area contributed by atoms with E-state index in [4.69, 9.17) is 4.74 Å². The number of thiophene rings is 1. The molecule has 3 rings (SSSR count). The second-order valence-corrected chi connectivity index (χ2v) is 6.83. The number of rotatable bonds is 5. The van der Waals surface area contributed by atoms with Crippen molar-refractivity contribution in [2.45, 2.75) is 19.4 Å². The van der Waals surface area contributed by atoms with Crippen molar-refractivity contribution in [2.24, 2.45) is 5.92 Å². The summed E-state index contributed by atoms with van der Waals surface area (Å²) in [6.07, 6.45) is 0.236. The molecule has 1 fully saturated rings. The second-order valence-electron chi connectivity index (χ2n) is 5.85. The molecule has 6 heteroatoms. The minimum absolute atomic E-state index is 0.0350. The summed E-state index contributed by atoms with van der Waals surface area (Å²) >= 11 is 1.61. The molecule has 2 aromatic rings.